The van der Waals surface area contributed by atoms with Crippen LogP contribution in [0.25, 0.3) is 0 Å². The van der Waals surface area contributed by atoms with Gasteiger partial charge in [-0.3, -0.25) is 9.89 Å². The lowest BCUT2D eigenvalue weighted by atomic mass is 10.0. The zero-order valence-electron chi connectivity index (χ0n) is 8.62. The van der Waals surface area contributed by atoms with Gasteiger partial charge >= 0.3 is 0 Å². The summed E-state index contributed by atoms with van der Waals surface area (Å²) in [5, 5.41) is 12.6. The Bertz CT molecular complexity index is 303. The van der Waals surface area contributed by atoms with E-state index < -0.39 is 0 Å². The number of carbonyl (C=O) groups excluding carboxylic acids is 1. The number of piperidine rings is 1. The first-order valence-corrected chi connectivity index (χ1v) is 5.35. The summed E-state index contributed by atoms with van der Waals surface area (Å²) in [6.07, 6.45) is 6.75. The molecule has 15 heavy (non-hydrogen) atoms. The smallest absolute Gasteiger partial charge is 0.237 e. The van der Waals surface area contributed by atoms with Crippen molar-refractivity contribution >= 4 is 5.91 Å². The Hall–Kier alpha value is -1.36. The minimum atomic E-state index is -0.00866. The van der Waals surface area contributed by atoms with Gasteiger partial charge < -0.3 is 10.6 Å². The third-order valence-corrected chi connectivity index (χ3v) is 2.65. The molecule has 1 aliphatic rings. The number of carbonyl (C=O) groups is 1. The normalized spacial score (nSPS) is 21.2. The number of hydrogen-bond acceptors (Lipinski definition) is 3. The molecule has 1 saturated heterocycles. The quantitative estimate of drug-likeness (QED) is 0.663. The van der Waals surface area contributed by atoms with E-state index in [9.17, 15) is 4.79 Å². The van der Waals surface area contributed by atoms with Crippen LogP contribution < -0.4 is 10.6 Å². The second-order valence-corrected chi connectivity index (χ2v) is 3.83. The van der Waals surface area contributed by atoms with Crippen LogP contribution in [0.1, 0.15) is 24.8 Å². The van der Waals surface area contributed by atoms with Crippen LogP contribution in [0.3, 0.4) is 0 Å². The highest BCUT2D eigenvalue weighted by molar-refractivity contribution is 5.81. The lowest BCUT2D eigenvalue weighted by molar-refractivity contribution is -0.123. The molecular formula is C10H16N4O. The van der Waals surface area contributed by atoms with Crippen LogP contribution in [-0.2, 0) is 11.3 Å². The van der Waals surface area contributed by atoms with Gasteiger partial charge in [-0.05, 0) is 19.4 Å². The van der Waals surface area contributed by atoms with E-state index in [1.54, 1.807) is 12.4 Å². The van der Waals surface area contributed by atoms with Crippen molar-refractivity contribution in [2.75, 3.05) is 6.54 Å². The molecule has 82 valence electrons. The Morgan fingerprint density at radius 1 is 1.60 bits per heavy atom. The summed E-state index contributed by atoms with van der Waals surface area (Å²) >= 11 is 0. The van der Waals surface area contributed by atoms with E-state index in [0.717, 1.165) is 24.9 Å². The molecular weight excluding hydrogens is 192 g/mol. The lowest BCUT2D eigenvalue weighted by Gasteiger charge is -2.22. The maximum absolute atomic E-state index is 11.7. The fourth-order valence-electron chi connectivity index (χ4n) is 1.76. The van der Waals surface area contributed by atoms with Gasteiger partial charge in [0.05, 0.1) is 12.2 Å². The van der Waals surface area contributed by atoms with Crippen LogP contribution in [-0.4, -0.2) is 28.7 Å². The molecule has 0 saturated carbocycles. The van der Waals surface area contributed by atoms with Gasteiger partial charge in [0.2, 0.25) is 5.91 Å². The number of H-pyrrole nitrogens is 1. The molecule has 1 atom stereocenters. The molecule has 2 heterocycles. The van der Waals surface area contributed by atoms with Crippen molar-refractivity contribution in [2.45, 2.75) is 31.8 Å². The van der Waals surface area contributed by atoms with Crippen LogP contribution in [0.2, 0.25) is 0 Å². The molecule has 0 aliphatic carbocycles. The molecule has 1 aromatic rings. The third-order valence-electron chi connectivity index (χ3n) is 2.65. The molecule has 5 nitrogen and oxygen atoms in total. The molecule has 0 bridgehead atoms. The third kappa shape index (κ3) is 2.79. The Kier molecular flexibility index (Phi) is 3.34. The molecule has 0 unspecified atom stereocenters. The van der Waals surface area contributed by atoms with Crippen LogP contribution in [0.4, 0.5) is 0 Å². The predicted molar refractivity (Wildman–Crippen MR) is 56.1 cm³/mol. The van der Waals surface area contributed by atoms with E-state index in [1.807, 2.05) is 0 Å². The van der Waals surface area contributed by atoms with Gasteiger partial charge in [-0.1, -0.05) is 6.42 Å². The van der Waals surface area contributed by atoms with Gasteiger partial charge in [0.1, 0.15) is 0 Å². The second kappa shape index (κ2) is 4.93. The van der Waals surface area contributed by atoms with E-state index in [1.165, 1.54) is 6.42 Å². The van der Waals surface area contributed by atoms with E-state index >= 15 is 0 Å². The molecule has 1 aliphatic heterocycles. The van der Waals surface area contributed by atoms with Gasteiger partial charge in [0.15, 0.2) is 0 Å². The average molecular weight is 208 g/mol. The van der Waals surface area contributed by atoms with Crippen molar-refractivity contribution in [3.63, 3.8) is 0 Å². The fourth-order valence-corrected chi connectivity index (χ4v) is 1.76. The molecule has 0 radical (unpaired) electrons. The van der Waals surface area contributed by atoms with Gasteiger partial charge in [-0.25, -0.2) is 0 Å². The maximum atomic E-state index is 11.7. The van der Waals surface area contributed by atoms with Crippen LogP contribution >= 0.6 is 0 Å². The van der Waals surface area contributed by atoms with Crippen molar-refractivity contribution in [1.29, 1.82) is 0 Å². The van der Waals surface area contributed by atoms with E-state index in [-0.39, 0.29) is 11.9 Å². The molecule has 1 aromatic heterocycles. The van der Waals surface area contributed by atoms with Crippen LogP contribution in [0.15, 0.2) is 12.4 Å². The molecule has 1 amide bonds. The van der Waals surface area contributed by atoms with Gasteiger partial charge in [0, 0.05) is 18.3 Å². The SMILES string of the molecule is O=C(NCc1cn[nH]c1)[C@@H]1CCCCN1. The van der Waals surface area contributed by atoms with E-state index in [4.69, 9.17) is 0 Å². The molecule has 3 N–H and O–H groups in total. The predicted octanol–water partition coefficient (Wildman–Crippen LogP) is 0.168. The van der Waals surface area contributed by atoms with Gasteiger partial charge in [0.25, 0.3) is 0 Å². The fraction of sp³-hybridized carbons (Fsp3) is 0.600. The molecule has 2 rings (SSSR count). The topological polar surface area (TPSA) is 69.8 Å². The Morgan fingerprint density at radius 3 is 3.20 bits per heavy atom. The van der Waals surface area contributed by atoms with Crippen molar-refractivity contribution in [3.8, 4) is 0 Å². The Morgan fingerprint density at radius 2 is 2.53 bits per heavy atom. The number of amides is 1. The van der Waals surface area contributed by atoms with Crippen molar-refractivity contribution in [3.05, 3.63) is 18.0 Å². The zero-order chi connectivity index (χ0) is 10.5. The maximum Gasteiger partial charge on any atom is 0.237 e. The lowest BCUT2D eigenvalue weighted by Crippen LogP contribution is -2.46. The van der Waals surface area contributed by atoms with Crippen LogP contribution in [0.5, 0.6) is 0 Å². The second-order valence-electron chi connectivity index (χ2n) is 3.83. The van der Waals surface area contributed by atoms with E-state index in [0.29, 0.717) is 6.54 Å². The number of aromatic nitrogens is 2. The standard InChI is InChI=1S/C10H16N4O/c15-10(9-3-1-2-4-11-9)12-5-8-6-13-14-7-8/h6-7,9,11H,1-5H2,(H,12,15)(H,13,14)/t9-/m0/s1. The average Bonchev–Trinajstić information content (AvgIpc) is 2.80. The van der Waals surface area contributed by atoms with E-state index in [2.05, 4.69) is 20.8 Å². The van der Waals surface area contributed by atoms with Gasteiger partial charge in [-0.15, -0.1) is 0 Å². The molecule has 0 spiro atoms. The first-order valence-electron chi connectivity index (χ1n) is 5.35. The summed E-state index contributed by atoms with van der Waals surface area (Å²) in [6, 6.07) is -0.00866. The van der Waals surface area contributed by atoms with Crippen molar-refractivity contribution in [2.24, 2.45) is 0 Å². The summed E-state index contributed by atoms with van der Waals surface area (Å²) < 4.78 is 0. The number of nitrogens with zero attached hydrogens (tertiary/aromatic N) is 1. The summed E-state index contributed by atoms with van der Waals surface area (Å²) in [7, 11) is 0. The van der Waals surface area contributed by atoms with Crippen molar-refractivity contribution in [1.82, 2.24) is 20.8 Å². The Balaban J connectivity index is 1.76. The number of nitrogens with one attached hydrogen (secondary N) is 3. The first-order chi connectivity index (χ1) is 7.36. The van der Waals surface area contributed by atoms with Crippen molar-refractivity contribution < 1.29 is 4.79 Å². The highest BCUT2D eigenvalue weighted by atomic mass is 16.2. The van der Waals surface area contributed by atoms with Crippen LogP contribution in [0, 0.1) is 0 Å². The molecule has 5 heteroatoms. The summed E-state index contributed by atoms with van der Waals surface area (Å²) in [5.41, 5.74) is 0.999. The Labute approximate surface area is 88.6 Å². The van der Waals surface area contributed by atoms with Gasteiger partial charge in [-0.2, -0.15) is 5.10 Å². The highest BCUT2D eigenvalue weighted by Crippen LogP contribution is 2.06. The largest absolute Gasteiger partial charge is 0.351 e. The molecule has 0 aromatic carbocycles. The minimum Gasteiger partial charge on any atom is -0.351 e. The number of rotatable bonds is 3. The summed E-state index contributed by atoms with van der Waals surface area (Å²) in [5.74, 6) is 0.0934. The molecule has 1 fully saturated rings. The highest BCUT2D eigenvalue weighted by Gasteiger charge is 2.19. The number of aromatic amines is 1. The number of hydrogen-bond donors (Lipinski definition) is 3. The summed E-state index contributed by atoms with van der Waals surface area (Å²) in [6.45, 7) is 1.50. The minimum absolute atomic E-state index is 0.00866. The zero-order valence-corrected chi connectivity index (χ0v) is 8.62. The summed E-state index contributed by atoms with van der Waals surface area (Å²) in [4.78, 5) is 11.7. The monoisotopic (exact) mass is 208 g/mol. The first kappa shape index (κ1) is 10.2.